The van der Waals surface area contributed by atoms with Gasteiger partial charge in [-0.05, 0) is 14.2 Å². The Labute approximate surface area is 111 Å². The summed E-state index contributed by atoms with van der Waals surface area (Å²) in [5.74, 6) is -1.35. The Bertz CT molecular complexity index is 633. The van der Waals surface area contributed by atoms with E-state index in [1.807, 2.05) is 8.09 Å². The minimum Gasteiger partial charge on any atom is -0.449 e. The molecule has 0 saturated heterocycles. The molecule has 17 heavy (non-hydrogen) atoms. The maximum absolute atomic E-state index is 11.3. The molecule has 0 aromatic carbocycles. The first-order valence-corrected chi connectivity index (χ1v) is 7.60. The predicted molar refractivity (Wildman–Crippen MR) is 74.8 cm³/mol. The Balaban J connectivity index is 2.61. The van der Waals surface area contributed by atoms with Crippen LogP contribution in [0.3, 0.4) is 0 Å². The maximum atomic E-state index is 11.3. The molecule has 7 heteroatoms. The summed E-state index contributed by atoms with van der Waals surface area (Å²) in [6.45, 7) is 0. The van der Waals surface area contributed by atoms with Crippen LogP contribution in [0.5, 0.6) is 0 Å². The van der Waals surface area contributed by atoms with Gasteiger partial charge in [-0.1, -0.05) is 20.7 Å². The molecular formula is C10H8ClIN2O3. The lowest BCUT2D eigenvalue weighted by molar-refractivity contribution is -0.113. The van der Waals surface area contributed by atoms with E-state index >= 15 is 0 Å². The van der Waals surface area contributed by atoms with Gasteiger partial charge < -0.3 is 15.5 Å². The molecule has 2 amide bonds. The monoisotopic (exact) mass is 366 g/mol. The van der Waals surface area contributed by atoms with Gasteiger partial charge in [0.2, 0.25) is 11.7 Å². The summed E-state index contributed by atoms with van der Waals surface area (Å²) >= 11 is 5.18. The van der Waals surface area contributed by atoms with Crippen molar-refractivity contribution in [3.8, 4) is 0 Å². The minimum absolute atomic E-state index is 0.0414. The van der Waals surface area contributed by atoms with Crippen LogP contribution in [0.15, 0.2) is 4.42 Å². The first-order valence-electron chi connectivity index (χ1n) is 4.57. The van der Waals surface area contributed by atoms with E-state index < -0.39 is 11.8 Å². The third-order valence-electron chi connectivity index (χ3n) is 2.04. The Kier molecular flexibility index (Phi) is 3.63. The van der Waals surface area contributed by atoms with Crippen LogP contribution in [0.1, 0.15) is 10.6 Å². The van der Waals surface area contributed by atoms with Gasteiger partial charge in [0, 0.05) is 0 Å². The zero-order valence-corrected chi connectivity index (χ0v) is 11.4. The van der Waals surface area contributed by atoms with Crippen molar-refractivity contribution >= 4 is 64.0 Å². The summed E-state index contributed by atoms with van der Waals surface area (Å²) < 4.78 is 9.25. The Morgan fingerprint density at radius 1 is 1.53 bits per heavy atom. The number of halogens is 2. The Morgan fingerprint density at radius 3 is 2.94 bits per heavy atom. The van der Waals surface area contributed by atoms with Crippen LogP contribution in [0.25, 0.3) is 10.2 Å². The van der Waals surface area contributed by atoms with Crippen molar-refractivity contribution < 1.29 is 14.0 Å². The largest absolute Gasteiger partial charge is 0.449 e. The van der Waals surface area contributed by atoms with Gasteiger partial charge in [0.25, 0.3) is 5.91 Å². The summed E-state index contributed by atoms with van der Waals surface area (Å²) in [6.07, 6.45) is 1.78. The number of nitrogens with two attached hydrogens (primary N) is 1. The average molecular weight is 367 g/mol. The molecule has 0 atom stereocenters. The number of carbonyl (C=O) groups excluding carboxylic acids is 2. The van der Waals surface area contributed by atoms with Crippen molar-refractivity contribution in [2.75, 3.05) is 11.2 Å². The number of anilines is 1. The van der Waals surface area contributed by atoms with E-state index in [4.69, 9.17) is 21.8 Å². The van der Waals surface area contributed by atoms with E-state index in [0.717, 1.165) is 0 Å². The first kappa shape index (κ1) is 12.3. The lowest BCUT2D eigenvalue weighted by Gasteiger charge is -2.00. The summed E-state index contributed by atoms with van der Waals surface area (Å²) in [5, 5.41) is 3.25. The van der Waals surface area contributed by atoms with Crippen molar-refractivity contribution in [2.24, 2.45) is 5.73 Å². The van der Waals surface area contributed by atoms with E-state index in [1.54, 1.807) is 6.08 Å². The topological polar surface area (TPSA) is 85.3 Å². The maximum Gasteiger partial charge on any atom is 0.286 e. The molecule has 5 nitrogen and oxygen atoms in total. The van der Waals surface area contributed by atoms with Crippen molar-refractivity contribution in [1.82, 2.24) is 0 Å². The molecule has 1 aromatic heterocycles. The molecule has 0 spiro atoms. The highest BCUT2D eigenvalue weighted by Gasteiger charge is 2.18. The molecule has 0 radical (unpaired) electrons. The first-order chi connectivity index (χ1) is 8.13. The molecule has 3 N–H and O–H groups in total. The van der Waals surface area contributed by atoms with Gasteiger partial charge in [0.05, 0.1) is 5.22 Å². The second-order valence-electron chi connectivity index (χ2n) is 3.16. The number of carbonyl (C=O) groups is 2. The fourth-order valence-corrected chi connectivity index (χ4v) is 3.14. The standard InChI is InChI=1S/C10H8ClIN2O3/c11-3-7(15)14-8-5-4-12-2-1-6(5)17-9(8)10(13)16/h1-2,4H,3H2,(H2,13,16)(H,14,15). The van der Waals surface area contributed by atoms with Crippen LogP contribution in [-0.2, 0) is 4.79 Å². The fourth-order valence-electron chi connectivity index (χ4n) is 1.36. The van der Waals surface area contributed by atoms with Gasteiger partial charge >= 0.3 is 0 Å². The molecule has 2 heterocycles. The number of rotatable bonds is 3. The smallest absolute Gasteiger partial charge is 0.286 e. The third-order valence-corrected chi connectivity index (χ3v) is 4.04. The minimum atomic E-state index is -0.718. The molecule has 0 saturated carbocycles. The molecule has 1 aliphatic heterocycles. The highest BCUT2D eigenvalue weighted by atomic mass is 127. The lowest BCUT2D eigenvalue weighted by Crippen LogP contribution is -2.26. The molecule has 2 rings (SSSR count). The van der Waals surface area contributed by atoms with Gasteiger partial charge in [-0.3, -0.25) is 9.59 Å². The zero-order valence-electron chi connectivity index (χ0n) is 8.50. The van der Waals surface area contributed by atoms with Crippen molar-refractivity contribution in [3.63, 3.8) is 0 Å². The fraction of sp³-hybridized carbons (Fsp3) is 0.100. The van der Waals surface area contributed by atoms with Gasteiger partial charge in [-0.15, -0.1) is 11.6 Å². The van der Waals surface area contributed by atoms with Crippen molar-refractivity contribution in [2.45, 2.75) is 0 Å². The molecule has 0 unspecified atom stereocenters. The van der Waals surface area contributed by atoms with E-state index in [-0.39, 0.29) is 32.4 Å². The highest BCUT2D eigenvalue weighted by molar-refractivity contribution is 14.2. The summed E-state index contributed by atoms with van der Waals surface area (Å²) in [5.41, 5.74) is 6.06. The summed E-state index contributed by atoms with van der Waals surface area (Å²) in [4.78, 5) is 22.5. The van der Waals surface area contributed by atoms with Gasteiger partial charge in [-0.25, -0.2) is 0 Å². The van der Waals surface area contributed by atoms with Crippen LogP contribution >= 0.6 is 32.3 Å². The van der Waals surface area contributed by atoms with Gasteiger partial charge in [0.15, 0.2) is 0 Å². The highest BCUT2D eigenvalue weighted by Crippen LogP contribution is 2.11. The van der Waals surface area contributed by atoms with Crippen LogP contribution in [-0.4, -0.2) is 21.7 Å². The van der Waals surface area contributed by atoms with E-state index in [2.05, 4.69) is 5.32 Å². The summed E-state index contributed by atoms with van der Waals surface area (Å²) in [6, 6.07) is 0. The zero-order chi connectivity index (χ0) is 12.4. The lowest BCUT2D eigenvalue weighted by atomic mass is 10.3. The second-order valence-corrected chi connectivity index (χ2v) is 5.49. The number of furan rings is 1. The van der Waals surface area contributed by atoms with Crippen molar-refractivity contribution in [1.29, 1.82) is 0 Å². The number of hydrogen-bond donors (Lipinski definition) is 2. The van der Waals surface area contributed by atoms with Crippen LogP contribution in [0.2, 0.25) is 0 Å². The molecule has 0 aliphatic carbocycles. The molecular weight excluding hydrogens is 358 g/mol. The molecule has 0 bridgehead atoms. The Hall–Kier alpha value is -1.15. The normalized spacial score (nSPS) is 12.8. The number of amides is 2. The SMILES string of the molecule is NC(=O)c1oc2c(c1NC(=O)CCl)=CI=CC=2. The molecule has 0 fully saturated rings. The van der Waals surface area contributed by atoms with Crippen molar-refractivity contribution in [3.05, 3.63) is 16.4 Å². The Morgan fingerprint density at radius 2 is 2.29 bits per heavy atom. The van der Waals surface area contributed by atoms with Crippen LogP contribution in [0, 0.1) is 0 Å². The van der Waals surface area contributed by atoms with E-state index in [9.17, 15) is 9.59 Å². The van der Waals surface area contributed by atoms with Gasteiger partial charge in [-0.2, -0.15) is 0 Å². The molecule has 1 aliphatic rings. The second kappa shape index (κ2) is 5.01. The number of fused-ring (bicyclic) bond motifs is 1. The third kappa shape index (κ3) is 2.42. The van der Waals surface area contributed by atoms with Crippen LogP contribution in [0.4, 0.5) is 5.69 Å². The van der Waals surface area contributed by atoms with Crippen LogP contribution < -0.4 is 21.7 Å². The molecule has 90 valence electrons. The van der Waals surface area contributed by atoms with E-state index in [1.165, 1.54) is 0 Å². The number of primary amides is 1. The van der Waals surface area contributed by atoms with E-state index in [0.29, 0.717) is 16.3 Å². The number of hydrogen-bond acceptors (Lipinski definition) is 3. The number of alkyl halides is 1. The average Bonchev–Trinajstić information content (AvgIpc) is 2.68. The number of nitrogens with one attached hydrogen (secondary N) is 1. The summed E-state index contributed by atoms with van der Waals surface area (Å²) in [7, 11) is 0. The molecule has 1 aromatic rings. The van der Waals surface area contributed by atoms with Gasteiger partial charge in [0.1, 0.15) is 17.0 Å². The predicted octanol–water partition coefficient (Wildman–Crippen LogP) is -0.139. The quantitative estimate of drug-likeness (QED) is 0.577.